The smallest absolute Gasteiger partial charge is 0.275 e. The van der Waals surface area contributed by atoms with E-state index in [-0.39, 0.29) is 0 Å². The summed E-state index contributed by atoms with van der Waals surface area (Å²) in [5, 5.41) is 3.68. The lowest BCUT2D eigenvalue weighted by molar-refractivity contribution is -0.304. The van der Waals surface area contributed by atoms with E-state index in [1.807, 2.05) is 109 Å². The topological polar surface area (TPSA) is 55.1 Å². The molecule has 0 radical (unpaired) electrons. The van der Waals surface area contributed by atoms with E-state index in [0.29, 0.717) is 0 Å². The Balaban J connectivity index is 1.81. The summed E-state index contributed by atoms with van der Waals surface area (Å²) in [6, 6.07) is 44.0. The molecular weight excluding hydrogens is 510 g/mol. The molecule has 5 rings (SSSR count). The number of rotatable bonds is 8. The van der Waals surface area contributed by atoms with Gasteiger partial charge in [-0.25, -0.2) is 0 Å². The van der Waals surface area contributed by atoms with Gasteiger partial charge in [-0.05, 0) is 97.1 Å². The molecule has 0 spiro atoms. The zero-order chi connectivity index (χ0) is 28.4. The average Bonchev–Trinajstić information content (AvgIpc) is 3.05. The van der Waals surface area contributed by atoms with Crippen LogP contribution >= 0.6 is 0 Å². The first-order valence-corrected chi connectivity index (χ1v) is 13.2. The Morgan fingerprint density at radius 3 is 1.51 bits per heavy atom. The number of benzene rings is 5. The molecule has 0 saturated carbocycles. The summed E-state index contributed by atoms with van der Waals surface area (Å²) in [5.74, 6) is 3.90. The van der Waals surface area contributed by atoms with Crippen LogP contribution < -0.4 is 19.5 Å². The molecule has 5 aromatic rings. The fraction of sp³-hybridized carbons (Fsp3) is 0.0857. The predicted octanol–water partition coefficient (Wildman–Crippen LogP) is 7.69. The first-order chi connectivity index (χ1) is 20.2. The number of amidine groups is 2. The third-order valence-corrected chi connectivity index (χ3v) is 6.51. The van der Waals surface area contributed by atoms with Crippen LogP contribution in [0.5, 0.6) is 17.2 Å². The van der Waals surface area contributed by atoms with Crippen molar-refractivity contribution >= 4 is 28.7 Å². The van der Waals surface area contributed by atoms with Gasteiger partial charge in [0.15, 0.2) is 0 Å². The van der Waals surface area contributed by atoms with Crippen LogP contribution in [0.2, 0.25) is 0 Å². The van der Waals surface area contributed by atoms with Crippen LogP contribution in [-0.4, -0.2) is 37.6 Å². The molecule has 5 aromatic carbocycles. The van der Waals surface area contributed by atoms with E-state index in [1.54, 1.807) is 21.3 Å². The molecule has 0 saturated heterocycles. The molecule has 0 bridgehead atoms. The second-order valence-electron chi connectivity index (χ2n) is 9.10. The van der Waals surface area contributed by atoms with Crippen LogP contribution in [0.4, 0.5) is 17.1 Å². The Morgan fingerprint density at radius 1 is 0.537 bits per heavy atom. The maximum Gasteiger partial charge on any atom is 0.275 e. The Hall–Kier alpha value is -5.36. The number of nitrogens with one attached hydrogen (secondary N) is 1. The van der Waals surface area contributed by atoms with E-state index in [4.69, 9.17) is 19.2 Å². The molecule has 41 heavy (non-hydrogen) atoms. The van der Waals surface area contributed by atoms with Crippen molar-refractivity contribution in [2.45, 2.75) is 0 Å². The lowest BCUT2D eigenvalue weighted by Crippen LogP contribution is -2.31. The van der Waals surface area contributed by atoms with Crippen molar-refractivity contribution in [1.82, 2.24) is 0 Å². The lowest BCUT2D eigenvalue weighted by atomic mass is 10.1. The van der Waals surface area contributed by atoms with Crippen LogP contribution in [0, 0.1) is 0 Å². The summed E-state index contributed by atoms with van der Waals surface area (Å²) in [6.07, 6.45) is 0. The van der Waals surface area contributed by atoms with Crippen molar-refractivity contribution in [1.29, 1.82) is 0 Å². The van der Waals surface area contributed by atoms with Gasteiger partial charge in [-0.2, -0.15) is 4.58 Å². The molecule has 6 heteroatoms. The van der Waals surface area contributed by atoms with Crippen molar-refractivity contribution in [3.8, 4) is 17.2 Å². The van der Waals surface area contributed by atoms with E-state index < -0.39 is 0 Å². The van der Waals surface area contributed by atoms with Crippen LogP contribution in [0.25, 0.3) is 0 Å². The Morgan fingerprint density at radius 2 is 1.00 bits per heavy atom. The number of hydrogen-bond donors (Lipinski definition) is 1. The highest BCUT2D eigenvalue weighted by molar-refractivity contribution is 6.10. The summed E-state index contributed by atoms with van der Waals surface area (Å²) >= 11 is 0. The zero-order valence-corrected chi connectivity index (χ0v) is 23.3. The minimum Gasteiger partial charge on any atom is -0.497 e. The zero-order valence-electron chi connectivity index (χ0n) is 23.3. The number of aliphatic imine (C=N–C) groups is 1. The van der Waals surface area contributed by atoms with Gasteiger partial charge < -0.3 is 14.2 Å². The van der Waals surface area contributed by atoms with Crippen LogP contribution in [0.3, 0.4) is 0 Å². The minimum absolute atomic E-state index is 0.737. The van der Waals surface area contributed by atoms with Crippen LogP contribution in [0.15, 0.2) is 138 Å². The van der Waals surface area contributed by atoms with Crippen molar-refractivity contribution in [3.63, 3.8) is 0 Å². The molecule has 0 aliphatic rings. The number of hydrogen-bond acceptors (Lipinski definition) is 4. The van der Waals surface area contributed by atoms with Gasteiger partial charge in [0.1, 0.15) is 28.6 Å². The van der Waals surface area contributed by atoms with Gasteiger partial charge in [-0.1, -0.05) is 36.4 Å². The Kier molecular flexibility index (Phi) is 8.72. The fourth-order valence-corrected chi connectivity index (χ4v) is 4.36. The highest BCUT2D eigenvalue weighted by atomic mass is 16.5. The van der Waals surface area contributed by atoms with E-state index in [2.05, 4.69) is 34.2 Å². The second kappa shape index (κ2) is 13.1. The van der Waals surface area contributed by atoms with Gasteiger partial charge in [-0.3, -0.25) is 5.32 Å². The Labute approximate surface area is 240 Å². The van der Waals surface area contributed by atoms with Crippen molar-refractivity contribution in [2.75, 3.05) is 26.6 Å². The molecule has 0 amide bonds. The monoisotopic (exact) mass is 542 g/mol. The summed E-state index contributed by atoms with van der Waals surface area (Å²) in [5.41, 5.74) is 4.53. The molecule has 0 fully saturated rings. The fourth-order valence-electron chi connectivity index (χ4n) is 4.36. The number of nitrogens with zero attached hydrogens (tertiary/aromatic N) is 2. The summed E-state index contributed by atoms with van der Waals surface area (Å²) in [4.78, 5) is 5.21. The average molecular weight is 543 g/mol. The van der Waals surface area contributed by atoms with Crippen molar-refractivity contribution in [2.24, 2.45) is 4.99 Å². The summed E-state index contributed by atoms with van der Waals surface area (Å²) in [7, 11) is 4.99. The van der Waals surface area contributed by atoms with Gasteiger partial charge in [0.05, 0.1) is 32.6 Å². The second-order valence-corrected chi connectivity index (χ2v) is 9.10. The molecule has 0 atom stereocenters. The molecule has 6 nitrogen and oxygen atoms in total. The summed E-state index contributed by atoms with van der Waals surface area (Å²) < 4.78 is 18.4. The highest BCUT2D eigenvalue weighted by Gasteiger charge is 2.25. The quantitative estimate of drug-likeness (QED) is 0.124. The van der Waals surface area contributed by atoms with Gasteiger partial charge in [0.2, 0.25) is 5.84 Å². The van der Waals surface area contributed by atoms with Gasteiger partial charge in [0.25, 0.3) is 5.84 Å². The molecule has 0 heterocycles. The Bertz CT molecular complexity index is 1610. The largest absolute Gasteiger partial charge is 0.497 e. The number of methoxy groups -OCH3 is 3. The first-order valence-electron chi connectivity index (χ1n) is 13.2. The molecule has 0 aromatic heterocycles. The van der Waals surface area contributed by atoms with Gasteiger partial charge in [0, 0.05) is 5.56 Å². The predicted molar refractivity (Wildman–Crippen MR) is 166 cm³/mol. The normalized spacial score (nSPS) is 11.8. The maximum absolute atomic E-state index is 5.48. The first kappa shape index (κ1) is 27.2. The SMILES string of the molecule is COc1ccc(N=C(c2ccccc2)[N+](=C(Nc2ccc(OC)cc2)c2ccccc2)c2ccc(OC)cc2)cc1. The maximum atomic E-state index is 5.48. The highest BCUT2D eigenvalue weighted by Crippen LogP contribution is 2.26. The van der Waals surface area contributed by atoms with Gasteiger partial charge in [-0.15, -0.1) is 4.99 Å². The van der Waals surface area contributed by atoms with E-state index in [1.165, 1.54) is 0 Å². The van der Waals surface area contributed by atoms with E-state index >= 15 is 0 Å². The van der Waals surface area contributed by atoms with Crippen LogP contribution in [0.1, 0.15) is 11.1 Å². The standard InChI is InChI=1S/C35H31N3O3/c1-39-31-20-14-28(15-21-31)36-34(26-10-6-4-7-11-26)38(30-18-24-33(41-3)25-19-30)35(27-12-8-5-9-13-27)37-29-16-22-32(40-2)23-17-29/h4-25H,1-3H3/p+1. The summed E-state index contributed by atoms with van der Waals surface area (Å²) in [6.45, 7) is 0. The number of ether oxygens (including phenoxy) is 3. The molecule has 204 valence electrons. The molecule has 0 aliphatic carbocycles. The lowest BCUT2D eigenvalue weighted by Gasteiger charge is -2.17. The number of anilines is 1. The molecule has 0 aliphatic heterocycles. The molecule has 1 N–H and O–H groups in total. The minimum atomic E-state index is 0.737. The van der Waals surface area contributed by atoms with Crippen molar-refractivity contribution < 1.29 is 18.8 Å². The van der Waals surface area contributed by atoms with Crippen LogP contribution in [-0.2, 0) is 0 Å². The third kappa shape index (κ3) is 6.62. The third-order valence-electron chi connectivity index (χ3n) is 6.51. The van der Waals surface area contributed by atoms with Gasteiger partial charge >= 0.3 is 0 Å². The molecular formula is C35H32N3O3+. The van der Waals surface area contributed by atoms with E-state index in [9.17, 15) is 0 Å². The van der Waals surface area contributed by atoms with E-state index in [0.717, 1.165) is 57.1 Å². The van der Waals surface area contributed by atoms with Crippen molar-refractivity contribution in [3.05, 3.63) is 145 Å². The molecule has 0 unspecified atom stereocenters.